The number of methoxy groups -OCH3 is 1. The molecule has 0 radical (unpaired) electrons. The Labute approximate surface area is 149 Å². The second-order valence-corrected chi connectivity index (χ2v) is 6.53. The van der Waals surface area contributed by atoms with E-state index in [0.29, 0.717) is 11.7 Å². The number of hydrogen-bond acceptors (Lipinski definition) is 4. The molecular weight excluding hydrogens is 314 g/mol. The summed E-state index contributed by atoms with van der Waals surface area (Å²) in [4.78, 5) is 16.7. The normalized spacial score (nSPS) is 16.8. The summed E-state index contributed by atoms with van der Waals surface area (Å²) in [6.45, 7) is 1.92. The van der Waals surface area contributed by atoms with E-state index < -0.39 is 0 Å². The summed E-state index contributed by atoms with van der Waals surface area (Å²) in [5, 5.41) is 2.95. The highest BCUT2D eigenvalue weighted by atomic mass is 16.5. The van der Waals surface area contributed by atoms with Crippen molar-refractivity contribution in [3.05, 3.63) is 54.1 Å². The molecule has 5 nitrogen and oxygen atoms in total. The molecule has 1 aliphatic rings. The first-order chi connectivity index (χ1) is 12.1. The number of ether oxygens (including phenoxy) is 1. The van der Waals surface area contributed by atoms with Gasteiger partial charge in [-0.05, 0) is 55.0 Å². The number of anilines is 3. The summed E-state index contributed by atoms with van der Waals surface area (Å²) in [6.07, 6.45) is 1.36. The number of carbonyl (C=O) groups excluding carboxylic acids is 1. The maximum Gasteiger partial charge on any atom is 0.255 e. The quantitative estimate of drug-likeness (QED) is 0.908. The molecule has 1 amide bonds. The Morgan fingerprint density at radius 2 is 1.80 bits per heavy atom. The van der Waals surface area contributed by atoms with Crippen LogP contribution in [-0.2, 0) is 4.74 Å². The third-order valence-corrected chi connectivity index (χ3v) is 4.61. The third-order valence-electron chi connectivity index (χ3n) is 4.61. The van der Waals surface area contributed by atoms with Crippen molar-refractivity contribution in [1.29, 1.82) is 0 Å². The molecule has 2 aromatic rings. The fraction of sp³-hybridized carbons (Fsp3) is 0.350. The molecule has 1 saturated heterocycles. The smallest absolute Gasteiger partial charge is 0.255 e. The van der Waals surface area contributed by atoms with Crippen molar-refractivity contribution in [3.63, 3.8) is 0 Å². The van der Waals surface area contributed by atoms with Crippen LogP contribution in [-0.4, -0.2) is 46.3 Å². The van der Waals surface area contributed by atoms with E-state index in [4.69, 9.17) is 4.74 Å². The molecule has 132 valence electrons. The molecule has 0 saturated carbocycles. The van der Waals surface area contributed by atoms with Crippen molar-refractivity contribution in [1.82, 2.24) is 0 Å². The maximum atomic E-state index is 12.4. The molecule has 25 heavy (non-hydrogen) atoms. The van der Waals surface area contributed by atoms with Gasteiger partial charge in [0.25, 0.3) is 5.91 Å². The Balaban J connectivity index is 1.62. The van der Waals surface area contributed by atoms with Crippen molar-refractivity contribution in [2.24, 2.45) is 0 Å². The summed E-state index contributed by atoms with van der Waals surface area (Å²) >= 11 is 0. The van der Waals surface area contributed by atoms with E-state index in [9.17, 15) is 4.79 Å². The van der Waals surface area contributed by atoms with Gasteiger partial charge >= 0.3 is 0 Å². The number of nitrogens with one attached hydrogen (secondary N) is 1. The minimum absolute atomic E-state index is 0.0984. The Morgan fingerprint density at radius 1 is 1.12 bits per heavy atom. The zero-order valence-electron chi connectivity index (χ0n) is 15.0. The fourth-order valence-corrected chi connectivity index (χ4v) is 3.02. The average molecular weight is 339 g/mol. The van der Waals surface area contributed by atoms with E-state index in [2.05, 4.69) is 10.2 Å². The number of amides is 1. The van der Waals surface area contributed by atoms with Crippen LogP contribution in [0, 0.1) is 0 Å². The molecule has 0 aromatic heterocycles. The molecule has 5 heteroatoms. The summed E-state index contributed by atoms with van der Waals surface area (Å²) in [6, 6.07) is 15.5. The van der Waals surface area contributed by atoms with Crippen LogP contribution < -0.4 is 15.1 Å². The number of carbonyl (C=O) groups is 1. The van der Waals surface area contributed by atoms with Crippen LogP contribution in [0.3, 0.4) is 0 Å². The standard InChI is InChI=1S/C20H25N3O2/c1-22(2)17-8-4-15(5-9-17)20(24)21-16-6-10-18(11-7-16)23-13-12-19(14-23)25-3/h4-11,19H,12-14H2,1-3H3,(H,21,24). The minimum atomic E-state index is -0.0984. The lowest BCUT2D eigenvalue weighted by atomic mass is 10.2. The van der Waals surface area contributed by atoms with Crippen LogP contribution in [0.1, 0.15) is 16.8 Å². The molecule has 1 N–H and O–H groups in total. The van der Waals surface area contributed by atoms with E-state index in [-0.39, 0.29) is 5.91 Å². The predicted molar refractivity (Wildman–Crippen MR) is 103 cm³/mol. The highest BCUT2D eigenvalue weighted by Crippen LogP contribution is 2.23. The van der Waals surface area contributed by atoms with Crippen LogP contribution in [0.2, 0.25) is 0 Å². The first-order valence-electron chi connectivity index (χ1n) is 8.53. The number of hydrogen-bond donors (Lipinski definition) is 1. The van der Waals surface area contributed by atoms with Gasteiger partial charge in [-0.3, -0.25) is 4.79 Å². The second kappa shape index (κ2) is 7.57. The zero-order valence-corrected chi connectivity index (χ0v) is 15.0. The van der Waals surface area contributed by atoms with Gasteiger partial charge < -0.3 is 19.9 Å². The fourth-order valence-electron chi connectivity index (χ4n) is 3.02. The Kier molecular flexibility index (Phi) is 5.24. The van der Waals surface area contributed by atoms with E-state index in [1.54, 1.807) is 7.11 Å². The van der Waals surface area contributed by atoms with Crippen molar-refractivity contribution in [2.75, 3.05) is 49.4 Å². The lowest BCUT2D eigenvalue weighted by molar-refractivity contribution is 0.102. The van der Waals surface area contributed by atoms with Crippen LogP contribution >= 0.6 is 0 Å². The molecule has 1 heterocycles. The molecule has 1 aliphatic heterocycles. The Bertz CT molecular complexity index is 711. The number of rotatable bonds is 5. The third kappa shape index (κ3) is 4.12. The van der Waals surface area contributed by atoms with Gasteiger partial charge in [0.05, 0.1) is 6.10 Å². The van der Waals surface area contributed by atoms with Crippen molar-refractivity contribution < 1.29 is 9.53 Å². The molecule has 0 bridgehead atoms. The minimum Gasteiger partial charge on any atom is -0.380 e. The van der Waals surface area contributed by atoms with Gasteiger partial charge in [-0.1, -0.05) is 0 Å². The molecule has 0 spiro atoms. The van der Waals surface area contributed by atoms with Gasteiger partial charge in [0.2, 0.25) is 0 Å². The van der Waals surface area contributed by atoms with Crippen LogP contribution in [0.5, 0.6) is 0 Å². The number of benzene rings is 2. The van der Waals surface area contributed by atoms with Gasteiger partial charge in [0.15, 0.2) is 0 Å². The zero-order chi connectivity index (χ0) is 17.8. The molecular formula is C20H25N3O2. The Morgan fingerprint density at radius 3 is 2.36 bits per heavy atom. The van der Waals surface area contributed by atoms with Crippen molar-refractivity contribution >= 4 is 23.0 Å². The molecule has 0 aliphatic carbocycles. The largest absolute Gasteiger partial charge is 0.380 e. The molecule has 1 unspecified atom stereocenters. The van der Waals surface area contributed by atoms with Gasteiger partial charge in [-0.2, -0.15) is 0 Å². The van der Waals surface area contributed by atoms with E-state index in [1.165, 1.54) is 0 Å². The topological polar surface area (TPSA) is 44.8 Å². The van der Waals surface area contributed by atoms with Crippen LogP contribution in [0.4, 0.5) is 17.1 Å². The monoisotopic (exact) mass is 339 g/mol. The predicted octanol–water partition coefficient (Wildman–Crippen LogP) is 3.23. The Hall–Kier alpha value is -2.53. The molecule has 2 aromatic carbocycles. The number of nitrogens with zero attached hydrogens (tertiary/aromatic N) is 2. The van der Waals surface area contributed by atoms with Crippen LogP contribution in [0.15, 0.2) is 48.5 Å². The lowest BCUT2D eigenvalue weighted by Crippen LogP contribution is -2.22. The SMILES string of the molecule is COC1CCN(c2ccc(NC(=O)c3ccc(N(C)C)cc3)cc2)C1. The summed E-state index contributed by atoms with van der Waals surface area (Å²) in [7, 11) is 5.72. The summed E-state index contributed by atoms with van der Waals surface area (Å²) < 4.78 is 5.41. The van der Waals surface area contributed by atoms with Crippen molar-refractivity contribution in [3.8, 4) is 0 Å². The second-order valence-electron chi connectivity index (χ2n) is 6.53. The average Bonchev–Trinajstić information content (AvgIpc) is 3.11. The first-order valence-corrected chi connectivity index (χ1v) is 8.53. The van der Waals surface area contributed by atoms with E-state index in [0.717, 1.165) is 36.6 Å². The summed E-state index contributed by atoms with van der Waals surface area (Å²) in [5.41, 5.74) is 3.68. The van der Waals surface area contributed by atoms with Gasteiger partial charge in [-0.25, -0.2) is 0 Å². The highest BCUT2D eigenvalue weighted by Gasteiger charge is 2.22. The summed E-state index contributed by atoms with van der Waals surface area (Å²) in [5.74, 6) is -0.0984. The van der Waals surface area contributed by atoms with Gasteiger partial charge in [0.1, 0.15) is 0 Å². The maximum absolute atomic E-state index is 12.4. The van der Waals surface area contributed by atoms with E-state index in [1.807, 2.05) is 67.5 Å². The highest BCUT2D eigenvalue weighted by molar-refractivity contribution is 6.04. The molecule has 1 atom stereocenters. The van der Waals surface area contributed by atoms with Crippen LogP contribution in [0.25, 0.3) is 0 Å². The molecule has 3 rings (SSSR count). The molecule has 1 fully saturated rings. The van der Waals surface area contributed by atoms with E-state index >= 15 is 0 Å². The lowest BCUT2D eigenvalue weighted by Gasteiger charge is -2.18. The first kappa shape index (κ1) is 17.3. The van der Waals surface area contributed by atoms with Gasteiger partial charge in [-0.15, -0.1) is 0 Å². The van der Waals surface area contributed by atoms with Crippen molar-refractivity contribution in [2.45, 2.75) is 12.5 Å². The van der Waals surface area contributed by atoms with Gasteiger partial charge in [0, 0.05) is 56.9 Å².